The topological polar surface area (TPSA) is 71.1 Å². The van der Waals surface area contributed by atoms with Crippen molar-refractivity contribution in [2.45, 2.75) is 19.8 Å². The second-order valence-corrected chi connectivity index (χ2v) is 7.22. The molecular formula is C22H27N3O4. The van der Waals surface area contributed by atoms with E-state index in [1.54, 1.807) is 35.1 Å². The summed E-state index contributed by atoms with van der Waals surface area (Å²) in [6, 6.07) is 13.0. The zero-order chi connectivity index (χ0) is 21.0. The monoisotopic (exact) mass is 397 g/mol. The van der Waals surface area contributed by atoms with Gasteiger partial charge in [0.2, 0.25) is 5.91 Å². The molecule has 7 heteroatoms. The van der Waals surface area contributed by atoms with Crippen LogP contribution in [0.3, 0.4) is 0 Å². The van der Waals surface area contributed by atoms with Gasteiger partial charge in [-0.1, -0.05) is 26.0 Å². The number of carbonyl (C=O) groups is 2. The zero-order valence-corrected chi connectivity index (χ0v) is 17.3. The third-order valence-electron chi connectivity index (χ3n) is 4.97. The molecule has 154 valence electrons. The molecule has 7 nitrogen and oxygen atoms in total. The Kier molecular flexibility index (Phi) is 6.26. The van der Waals surface area contributed by atoms with E-state index < -0.39 is 0 Å². The molecule has 1 fully saturated rings. The molecule has 0 radical (unpaired) electrons. The number of ether oxygens (including phenoxy) is 2. The molecule has 2 aromatic rings. The van der Waals surface area contributed by atoms with Gasteiger partial charge in [0.15, 0.2) is 11.5 Å². The third kappa shape index (κ3) is 4.62. The molecule has 2 aromatic carbocycles. The molecule has 0 saturated carbocycles. The SMILES string of the molecule is COc1ccc(NC(=O)CN2CCN(c3ccc(C(C)C)cc3)C2=O)cc1OC. The summed E-state index contributed by atoms with van der Waals surface area (Å²) in [5, 5.41) is 2.80. The van der Waals surface area contributed by atoms with Gasteiger partial charge in [-0.05, 0) is 35.7 Å². The lowest BCUT2D eigenvalue weighted by Gasteiger charge is -2.19. The normalized spacial score (nSPS) is 13.8. The quantitative estimate of drug-likeness (QED) is 0.773. The van der Waals surface area contributed by atoms with Crippen molar-refractivity contribution in [3.05, 3.63) is 48.0 Å². The molecule has 1 aliphatic rings. The predicted molar refractivity (Wildman–Crippen MR) is 113 cm³/mol. The molecule has 0 unspecified atom stereocenters. The first-order valence-corrected chi connectivity index (χ1v) is 9.61. The molecule has 29 heavy (non-hydrogen) atoms. The van der Waals surface area contributed by atoms with Crippen molar-refractivity contribution in [1.29, 1.82) is 0 Å². The van der Waals surface area contributed by atoms with Crippen molar-refractivity contribution in [1.82, 2.24) is 4.90 Å². The second-order valence-electron chi connectivity index (χ2n) is 7.22. The highest BCUT2D eigenvalue weighted by molar-refractivity contribution is 5.99. The molecule has 0 bridgehead atoms. The van der Waals surface area contributed by atoms with Crippen molar-refractivity contribution in [2.24, 2.45) is 0 Å². The summed E-state index contributed by atoms with van der Waals surface area (Å²) >= 11 is 0. The molecule has 1 heterocycles. The number of nitrogens with zero attached hydrogens (tertiary/aromatic N) is 2. The lowest BCUT2D eigenvalue weighted by molar-refractivity contribution is -0.116. The number of benzene rings is 2. The minimum atomic E-state index is -0.262. The first-order valence-electron chi connectivity index (χ1n) is 9.61. The van der Waals surface area contributed by atoms with Crippen LogP contribution in [-0.2, 0) is 4.79 Å². The van der Waals surface area contributed by atoms with Crippen LogP contribution < -0.4 is 19.7 Å². The highest BCUT2D eigenvalue weighted by Gasteiger charge is 2.30. The van der Waals surface area contributed by atoms with Gasteiger partial charge in [0, 0.05) is 30.5 Å². The summed E-state index contributed by atoms with van der Waals surface area (Å²) in [7, 11) is 3.09. The first-order chi connectivity index (χ1) is 13.9. The van der Waals surface area contributed by atoms with Gasteiger partial charge < -0.3 is 19.7 Å². The third-order valence-corrected chi connectivity index (χ3v) is 4.97. The smallest absolute Gasteiger partial charge is 0.325 e. The van der Waals surface area contributed by atoms with E-state index in [0.29, 0.717) is 36.2 Å². The van der Waals surface area contributed by atoms with E-state index in [-0.39, 0.29) is 18.5 Å². The van der Waals surface area contributed by atoms with Gasteiger partial charge in [-0.25, -0.2) is 4.79 Å². The Morgan fingerprint density at radius 3 is 2.34 bits per heavy atom. The van der Waals surface area contributed by atoms with Gasteiger partial charge in [-0.15, -0.1) is 0 Å². The van der Waals surface area contributed by atoms with Crippen LogP contribution in [-0.4, -0.2) is 50.7 Å². The fourth-order valence-corrected chi connectivity index (χ4v) is 3.30. The number of amides is 3. The molecule has 1 saturated heterocycles. The van der Waals surface area contributed by atoms with Gasteiger partial charge in [-0.2, -0.15) is 0 Å². The van der Waals surface area contributed by atoms with E-state index in [1.807, 2.05) is 24.3 Å². The molecule has 3 rings (SSSR count). The minimum absolute atomic E-state index is 0.00619. The number of methoxy groups -OCH3 is 2. The maximum atomic E-state index is 12.7. The number of rotatable bonds is 7. The van der Waals surface area contributed by atoms with E-state index in [2.05, 4.69) is 19.2 Å². The second kappa shape index (κ2) is 8.86. The van der Waals surface area contributed by atoms with Gasteiger partial charge in [0.05, 0.1) is 14.2 Å². The van der Waals surface area contributed by atoms with Crippen LogP contribution in [0.2, 0.25) is 0 Å². The number of urea groups is 1. The summed E-state index contributed by atoms with van der Waals surface area (Å²) in [6.07, 6.45) is 0. The van der Waals surface area contributed by atoms with Crippen molar-refractivity contribution in [3.63, 3.8) is 0 Å². The molecule has 1 N–H and O–H groups in total. The van der Waals surface area contributed by atoms with E-state index in [1.165, 1.54) is 12.7 Å². The molecule has 0 atom stereocenters. The summed E-state index contributed by atoms with van der Waals surface area (Å²) in [6.45, 7) is 5.32. The summed E-state index contributed by atoms with van der Waals surface area (Å²) < 4.78 is 10.4. The van der Waals surface area contributed by atoms with E-state index in [0.717, 1.165) is 5.69 Å². The van der Waals surface area contributed by atoms with Crippen molar-refractivity contribution in [2.75, 3.05) is 44.1 Å². The average Bonchev–Trinajstić information content (AvgIpc) is 3.08. The van der Waals surface area contributed by atoms with Crippen molar-refractivity contribution in [3.8, 4) is 11.5 Å². The standard InChI is InChI=1S/C22H27N3O4/c1-15(2)16-5-8-18(9-6-16)25-12-11-24(22(25)27)14-21(26)23-17-7-10-19(28-3)20(13-17)29-4/h5-10,13,15H,11-12,14H2,1-4H3,(H,23,26). The van der Waals surface area contributed by atoms with Gasteiger partial charge in [0.25, 0.3) is 0 Å². The van der Waals surface area contributed by atoms with Crippen LogP contribution >= 0.6 is 0 Å². The predicted octanol–water partition coefficient (Wildman–Crippen LogP) is 3.71. The fourth-order valence-electron chi connectivity index (χ4n) is 3.30. The molecule has 1 aliphatic heterocycles. The number of anilines is 2. The Balaban J connectivity index is 1.61. The Hall–Kier alpha value is -3.22. The van der Waals surface area contributed by atoms with Gasteiger partial charge in [-0.3, -0.25) is 9.69 Å². The Labute approximate surface area is 171 Å². The van der Waals surface area contributed by atoms with Crippen LogP contribution in [0.25, 0.3) is 0 Å². The van der Waals surface area contributed by atoms with Crippen LogP contribution in [0.4, 0.5) is 16.2 Å². The summed E-state index contributed by atoms with van der Waals surface area (Å²) in [4.78, 5) is 28.4. The van der Waals surface area contributed by atoms with E-state index in [4.69, 9.17) is 9.47 Å². The van der Waals surface area contributed by atoms with Gasteiger partial charge >= 0.3 is 6.03 Å². The largest absolute Gasteiger partial charge is 0.493 e. The van der Waals surface area contributed by atoms with E-state index >= 15 is 0 Å². The van der Waals surface area contributed by atoms with Gasteiger partial charge in [0.1, 0.15) is 6.54 Å². The summed E-state index contributed by atoms with van der Waals surface area (Å²) in [5.74, 6) is 1.29. The highest BCUT2D eigenvalue weighted by Crippen LogP contribution is 2.30. The lowest BCUT2D eigenvalue weighted by atomic mass is 10.0. The number of nitrogens with one attached hydrogen (secondary N) is 1. The van der Waals surface area contributed by atoms with E-state index in [9.17, 15) is 9.59 Å². The number of hydrogen-bond donors (Lipinski definition) is 1. The maximum absolute atomic E-state index is 12.7. The molecule has 0 spiro atoms. The Morgan fingerprint density at radius 1 is 1.03 bits per heavy atom. The number of carbonyl (C=O) groups excluding carboxylic acids is 2. The minimum Gasteiger partial charge on any atom is -0.493 e. The molecule has 3 amide bonds. The Bertz CT molecular complexity index is 880. The van der Waals surface area contributed by atoms with Crippen molar-refractivity contribution >= 4 is 23.3 Å². The fraction of sp³-hybridized carbons (Fsp3) is 0.364. The van der Waals surface area contributed by atoms with Crippen molar-refractivity contribution < 1.29 is 19.1 Å². The van der Waals surface area contributed by atoms with Crippen LogP contribution in [0.1, 0.15) is 25.3 Å². The Morgan fingerprint density at radius 2 is 1.72 bits per heavy atom. The van der Waals surface area contributed by atoms with Crippen LogP contribution in [0.5, 0.6) is 11.5 Å². The molecule has 0 aromatic heterocycles. The van der Waals surface area contributed by atoms with Crippen LogP contribution in [0, 0.1) is 0 Å². The first kappa shape index (κ1) is 20.5. The highest BCUT2D eigenvalue weighted by atomic mass is 16.5. The molecule has 0 aliphatic carbocycles. The summed E-state index contributed by atoms with van der Waals surface area (Å²) in [5.41, 5.74) is 2.66. The average molecular weight is 397 g/mol. The number of hydrogen-bond acceptors (Lipinski definition) is 4. The lowest BCUT2D eigenvalue weighted by Crippen LogP contribution is -2.37. The molecular weight excluding hydrogens is 370 g/mol. The zero-order valence-electron chi connectivity index (χ0n) is 17.3. The van der Waals surface area contributed by atoms with Crippen LogP contribution in [0.15, 0.2) is 42.5 Å². The maximum Gasteiger partial charge on any atom is 0.325 e.